The van der Waals surface area contributed by atoms with Crippen LogP contribution in [0.5, 0.6) is 0 Å². The summed E-state index contributed by atoms with van der Waals surface area (Å²) in [7, 11) is 3.56. The highest BCUT2D eigenvalue weighted by Crippen LogP contribution is 2.39. The molecule has 0 bridgehead atoms. The van der Waals surface area contributed by atoms with Crippen LogP contribution in [-0.4, -0.2) is 56.3 Å². The van der Waals surface area contributed by atoms with Gasteiger partial charge in [0.15, 0.2) is 0 Å². The summed E-state index contributed by atoms with van der Waals surface area (Å²) in [4.78, 5) is 32.8. The summed E-state index contributed by atoms with van der Waals surface area (Å²) in [6.07, 6.45) is 10.2. The van der Waals surface area contributed by atoms with Crippen LogP contribution in [0.3, 0.4) is 0 Å². The van der Waals surface area contributed by atoms with E-state index in [1.807, 2.05) is 0 Å². The highest BCUT2D eigenvalue weighted by Gasteiger charge is 2.51. The van der Waals surface area contributed by atoms with Gasteiger partial charge in [0.25, 0.3) is 0 Å². The Labute approximate surface area is 129 Å². The fourth-order valence-electron chi connectivity index (χ4n) is 3.18. The fourth-order valence-corrected chi connectivity index (χ4v) is 3.18. The number of aromatic amines is 1. The summed E-state index contributed by atoms with van der Waals surface area (Å²) in [5, 5.41) is 0. The van der Waals surface area contributed by atoms with E-state index in [1.165, 1.54) is 0 Å². The van der Waals surface area contributed by atoms with Gasteiger partial charge in [-0.25, -0.2) is 4.98 Å². The van der Waals surface area contributed by atoms with Crippen molar-refractivity contribution in [3.8, 4) is 0 Å². The molecule has 1 unspecified atom stereocenters. The zero-order chi connectivity index (χ0) is 15.6. The lowest BCUT2D eigenvalue weighted by Crippen LogP contribution is -2.52. The highest BCUT2D eigenvalue weighted by molar-refractivity contribution is 5.87. The van der Waals surface area contributed by atoms with Crippen LogP contribution < -0.4 is 0 Å². The Hall–Kier alpha value is -2.28. The lowest BCUT2D eigenvalue weighted by Gasteiger charge is -2.37. The van der Waals surface area contributed by atoms with Gasteiger partial charge in [-0.15, -0.1) is 0 Å². The molecule has 7 heteroatoms. The van der Waals surface area contributed by atoms with Gasteiger partial charge in [-0.3, -0.25) is 19.7 Å². The van der Waals surface area contributed by atoms with Crippen molar-refractivity contribution in [2.45, 2.75) is 24.9 Å². The number of hydrogen-bond donors (Lipinski definition) is 1. The van der Waals surface area contributed by atoms with Crippen LogP contribution in [0, 0.1) is 0 Å². The molecular weight excluding hydrogens is 280 g/mol. The molecule has 1 aliphatic heterocycles. The number of aromatic nitrogens is 4. The number of amides is 1. The standard InChI is InChI=1S/C15H20N6O/c1-20(2)14(22)15(12-10-16-5-6-17-12)4-3-9-21(15)11-13-18-7-8-19-13/h5-8,10H,3-4,9,11H2,1-2H3,(H,18,19). The Kier molecular flexibility index (Phi) is 3.89. The first-order valence-electron chi connectivity index (χ1n) is 7.36. The van der Waals surface area contributed by atoms with Crippen molar-refractivity contribution in [2.75, 3.05) is 20.6 Å². The van der Waals surface area contributed by atoms with Gasteiger partial charge in [-0.05, 0) is 12.8 Å². The predicted molar refractivity (Wildman–Crippen MR) is 80.6 cm³/mol. The molecule has 116 valence electrons. The number of likely N-dealkylation sites (N-methyl/N-ethyl adjacent to an activating group) is 1. The van der Waals surface area contributed by atoms with Crippen molar-refractivity contribution in [1.82, 2.24) is 29.7 Å². The van der Waals surface area contributed by atoms with Crippen molar-refractivity contribution in [3.05, 3.63) is 42.5 Å². The first-order chi connectivity index (χ1) is 10.6. The van der Waals surface area contributed by atoms with E-state index in [1.54, 1.807) is 50.0 Å². The Morgan fingerprint density at radius 2 is 2.23 bits per heavy atom. The van der Waals surface area contributed by atoms with E-state index in [4.69, 9.17) is 0 Å². The van der Waals surface area contributed by atoms with Crippen LogP contribution in [0.1, 0.15) is 24.4 Å². The summed E-state index contributed by atoms with van der Waals surface area (Å²) < 4.78 is 0. The maximum Gasteiger partial charge on any atom is 0.248 e. The van der Waals surface area contributed by atoms with Gasteiger partial charge < -0.3 is 9.88 Å². The highest BCUT2D eigenvalue weighted by atomic mass is 16.2. The van der Waals surface area contributed by atoms with E-state index in [0.717, 1.165) is 25.2 Å². The van der Waals surface area contributed by atoms with E-state index < -0.39 is 5.54 Å². The quantitative estimate of drug-likeness (QED) is 0.903. The molecule has 2 aromatic heterocycles. The summed E-state index contributed by atoms with van der Waals surface area (Å²) >= 11 is 0. The minimum absolute atomic E-state index is 0.0389. The lowest BCUT2D eigenvalue weighted by atomic mass is 9.90. The van der Waals surface area contributed by atoms with Crippen molar-refractivity contribution in [3.63, 3.8) is 0 Å². The molecule has 0 spiro atoms. The molecule has 1 atom stereocenters. The van der Waals surface area contributed by atoms with Gasteiger partial charge in [0.05, 0.1) is 18.4 Å². The van der Waals surface area contributed by atoms with Crippen LogP contribution in [0.15, 0.2) is 31.0 Å². The Balaban J connectivity index is 2.02. The van der Waals surface area contributed by atoms with Gasteiger partial charge in [0.1, 0.15) is 11.4 Å². The molecule has 0 aromatic carbocycles. The van der Waals surface area contributed by atoms with Crippen molar-refractivity contribution in [1.29, 1.82) is 0 Å². The number of hydrogen-bond acceptors (Lipinski definition) is 5. The molecule has 2 aromatic rings. The molecule has 3 heterocycles. The lowest BCUT2D eigenvalue weighted by molar-refractivity contribution is -0.141. The number of carbonyl (C=O) groups is 1. The predicted octanol–water partition coefficient (Wildman–Crippen LogP) is 0.779. The Bertz CT molecular complexity index is 627. The van der Waals surface area contributed by atoms with Crippen LogP contribution in [-0.2, 0) is 16.9 Å². The molecule has 1 aliphatic rings. The molecule has 0 aliphatic carbocycles. The second kappa shape index (κ2) is 5.84. The summed E-state index contributed by atoms with van der Waals surface area (Å²) in [5.41, 5.74) is -0.0531. The summed E-state index contributed by atoms with van der Waals surface area (Å²) in [6.45, 7) is 1.42. The van der Waals surface area contributed by atoms with E-state index in [2.05, 4.69) is 24.8 Å². The molecule has 0 saturated carbocycles. The van der Waals surface area contributed by atoms with Crippen molar-refractivity contribution < 1.29 is 4.79 Å². The smallest absolute Gasteiger partial charge is 0.248 e. The third kappa shape index (κ3) is 2.37. The number of nitrogens with one attached hydrogen (secondary N) is 1. The average Bonchev–Trinajstić information content (AvgIpc) is 3.18. The molecule has 1 amide bonds. The maximum atomic E-state index is 13.0. The van der Waals surface area contributed by atoms with Gasteiger partial charge in [0, 0.05) is 45.4 Å². The second-order valence-corrected chi connectivity index (χ2v) is 5.71. The van der Waals surface area contributed by atoms with E-state index in [9.17, 15) is 4.79 Å². The molecule has 1 fully saturated rings. The number of nitrogens with zero attached hydrogens (tertiary/aromatic N) is 5. The largest absolute Gasteiger partial charge is 0.348 e. The monoisotopic (exact) mass is 300 g/mol. The maximum absolute atomic E-state index is 13.0. The normalized spacial score (nSPS) is 21.9. The van der Waals surface area contributed by atoms with Crippen molar-refractivity contribution >= 4 is 5.91 Å². The number of imidazole rings is 1. The van der Waals surface area contributed by atoms with E-state index in [0.29, 0.717) is 12.2 Å². The first-order valence-corrected chi connectivity index (χ1v) is 7.36. The summed E-state index contributed by atoms with van der Waals surface area (Å²) in [5.74, 6) is 0.888. The zero-order valence-corrected chi connectivity index (χ0v) is 12.9. The molecule has 1 N–H and O–H groups in total. The van der Waals surface area contributed by atoms with Crippen LogP contribution in [0.4, 0.5) is 0 Å². The number of rotatable bonds is 4. The second-order valence-electron chi connectivity index (χ2n) is 5.71. The number of carbonyl (C=O) groups excluding carboxylic acids is 1. The molecule has 7 nitrogen and oxygen atoms in total. The molecule has 1 saturated heterocycles. The van der Waals surface area contributed by atoms with Crippen molar-refractivity contribution in [2.24, 2.45) is 0 Å². The molecule has 3 rings (SSSR count). The van der Waals surface area contributed by atoms with Gasteiger partial charge in [-0.1, -0.05) is 0 Å². The van der Waals surface area contributed by atoms with Gasteiger partial charge in [-0.2, -0.15) is 0 Å². The Morgan fingerprint density at radius 3 is 2.86 bits per heavy atom. The third-order valence-corrected chi connectivity index (χ3v) is 4.15. The number of H-pyrrole nitrogens is 1. The third-order valence-electron chi connectivity index (χ3n) is 4.15. The first kappa shape index (κ1) is 14.6. The SMILES string of the molecule is CN(C)C(=O)C1(c2cnccn2)CCCN1Cc1ncc[nH]1. The molecule has 22 heavy (non-hydrogen) atoms. The van der Waals surface area contributed by atoms with Crippen LogP contribution in [0.2, 0.25) is 0 Å². The van der Waals surface area contributed by atoms with E-state index >= 15 is 0 Å². The van der Waals surface area contributed by atoms with Crippen LogP contribution in [0.25, 0.3) is 0 Å². The fraction of sp³-hybridized carbons (Fsp3) is 0.467. The molecular formula is C15H20N6O. The van der Waals surface area contributed by atoms with Gasteiger partial charge in [0.2, 0.25) is 5.91 Å². The van der Waals surface area contributed by atoms with Crippen LogP contribution >= 0.6 is 0 Å². The van der Waals surface area contributed by atoms with Gasteiger partial charge >= 0.3 is 0 Å². The zero-order valence-electron chi connectivity index (χ0n) is 12.9. The van der Waals surface area contributed by atoms with E-state index in [-0.39, 0.29) is 5.91 Å². The minimum Gasteiger partial charge on any atom is -0.348 e. The Morgan fingerprint density at radius 1 is 1.36 bits per heavy atom. The minimum atomic E-state index is -0.759. The average molecular weight is 300 g/mol. The molecule has 0 radical (unpaired) electrons. The topological polar surface area (TPSA) is 78.0 Å². The summed E-state index contributed by atoms with van der Waals surface area (Å²) in [6, 6.07) is 0. The number of likely N-dealkylation sites (tertiary alicyclic amines) is 1.